The first-order valence-electron chi connectivity index (χ1n) is 9.83. The summed E-state index contributed by atoms with van der Waals surface area (Å²) in [6, 6.07) is 15.6. The molecule has 1 saturated heterocycles. The second-order valence-corrected chi connectivity index (χ2v) is 8.01. The molecule has 0 aromatic heterocycles. The molecule has 0 bridgehead atoms. The number of anilines is 1. The Hall–Kier alpha value is -3.02. The molecular weight excluding hydrogens is 366 g/mol. The van der Waals surface area contributed by atoms with Crippen LogP contribution in [0.25, 0.3) is 0 Å². The van der Waals surface area contributed by atoms with Crippen LogP contribution in [0.2, 0.25) is 0 Å². The van der Waals surface area contributed by atoms with Crippen LogP contribution in [-0.4, -0.2) is 53.9 Å². The lowest BCUT2D eigenvalue weighted by atomic mass is 10.0. The average Bonchev–Trinajstić information content (AvgIpc) is 2.70. The Labute approximate surface area is 172 Å². The molecule has 0 radical (unpaired) electrons. The Kier molecular flexibility index (Phi) is 6.11. The van der Waals surface area contributed by atoms with Crippen molar-refractivity contribution in [2.45, 2.75) is 32.9 Å². The van der Waals surface area contributed by atoms with Gasteiger partial charge in [-0.2, -0.15) is 0 Å². The predicted octanol–water partition coefficient (Wildman–Crippen LogP) is 3.07. The number of nitrogens with one attached hydrogen (secondary N) is 1. The van der Waals surface area contributed by atoms with E-state index in [1.807, 2.05) is 69.3 Å². The van der Waals surface area contributed by atoms with Gasteiger partial charge in [0.05, 0.1) is 13.7 Å². The van der Waals surface area contributed by atoms with Gasteiger partial charge in [-0.05, 0) is 50.6 Å². The van der Waals surface area contributed by atoms with E-state index < -0.39 is 5.54 Å². The summed E-state index contributed by atoms with van der Waals surface area (Å²) < 4.78 is 5.25. The van der Waals surface area contributed by atoms with Gasteiger partial charge in [0.2, 0.25) is 11.8 Å². The molecule has 1 fully saturated rings. The van der Waals surface area contributed by atoms with E-state index in [0.29, 0.717) is 19.6 Å². The van der Waals surface area contributed by atoms with Crippen LogP contribution in [0, 0.1) is 6.92 Å². The summed E-state index contributed by atoms with van der Waals surface area (Å²) in [5, 5.41) is 3.29. The highest BCUT2D eigenvalue weighted by molar-refractivity contribution is 5.92. The summed E-state index contributed by atoms with van der Waals surface area (Å²) in [6.45, 7) is 7.38. The molecule has 2 aromatic carbocycles. The van der Waals surface area contributed by atoms with Crippen LogP contribution in [0.5, 0.6) is 5.75 Å². The van der Waals surface area contributed by atoms with Crippen molar-refractivity contribution in [2.75, 3.05) is 32.1 Å². The van der Waals surface area contributed by atoms with E-state index in [4.69, 9.17) is 4.74 Å². The first-order chi connectivity index (χ1) is 13.8. The molecule has 1 aliphatic rings. The zero-order valence-corrected chi connectivity index (χ0v) is 17.6. The van der Waals surface area contributed by atoms with E-state index in [1.165, 1.54) is 0 Å². The second kappa shape index (κ2) is 8.55. The monoisotopic (exact) mass is 395 g/mol. The van der Waals surface area contributed by atoms with Crippen LogP contribution in [0.4, 0.5) is 5.69 Å². The summed E-state index contributed by atoms with van der Waals surface area (Å²) in [5.41, 5.74) is 2.26. The number of ether oxygens (including phenoxy) is 1. The molecule has 1 N–H and O–H groups in total. The first kappa shape index (κ1) is 20.7. The number of rotatable bonds is 6. The third kappa shape index (κ3) is 5.08. The molecule has 6 nitrogen and oxygen atoms in total. The molecule has 0 atom stereocenters. The molecule has 2 amide bonds. The van der Waals surface area contributed by atoms with Crippen molar-refractivity contribution >= 4 is 17.5 Å². The minimum absolute atomic E-state index is 0.0430. The summed E-state index contributed by atoms with van der Waals surface area (Å²) in [4.78, 5) is 29.2. The van der Waals surface area contributed by atoms with E-state index >= 15 is 0 Å². The average molecular weight is 396 g/mol. The molecule has 0 saturated carbocycles. The smallest absolute Gasteiger partial charge is 0.248 e. The van der Waals surface area contributed by atoms with Crippen LogP contribution in [-0.2, 0) is 16.1 Å². The maximum Gasteiger partial charge on any atom is 0.248 e. The third-order valence-corrected chi connectivity index (χ3v) is 5.16. The normalized spacial score (nSPS) is 14.7. The van der Waals surface area contributed by atoms with E-state index in [-0.39, 0.29) is 18.4 Å². The molecule has 154 valence electrons. The number of aryl methyl sites for hydroxylation is 1. The minimum Gasteiger partial charge on any atom is -0.497 e. The first-order valence-corrected chi connectivity index (χ1v) is 9.83. The third-order valence-electron chi connectivity index (χ3n) is 5.16. The molecule has 6 heteroatoms. The Morgan fingerprint density at radius 3 is 2.52 bits per heavy atom. The molecule has 0 unspecified atom stereocenters. The van der Waals surface area contributed by atoms with Gasteiger partial charge in [0.15, 0.2) is 0 Å². The predicted molar refractivity (Wildman–Crippen MR) is 114 cm³/mol. The van der Waals surface area contributed by atoms with Crippen LogP contribution in [0.3, 0.4) is 0 Å². The van der Waals surface area contributed by atoms with Crippen molar-refractivity contribution in [3.63, 3.8) is 0 Å². The number of amides is 2. The van der Waals surface area contributed by atoms with Crippen LogP contribution in [0.1, 0.15) is 25.0 Å². The molecule has 0 spiro atoms. The molecule has 1 heterocycles. The standard InChI is InChI=1S/C23H29N3O3/c1-17-8-10-19(11-9-17)24-23(2,3)22(28)26-13-12-25(21(27)16-26)15-18-6-5-7-20(14-18)29-4/h5-11,14,24H,12-13,15-16H2,1-4H3. The highest BCUT2D eigenvalue weighted by atomic mass is 16.5. The highest BCUT2D eigenvalue weighted by Gasteiger charge is 2.36. The van der Waals surface area contributed by atoms with Crippen LogP contribution < -0.4 is 10.1 Å². The number of piperazine rings is 1. The number of methoxy groups -OCH3 is 1. The SMILES string of the molecule is COc1cccc(CN2CCN(C(=O)C(C)(C)Nc3ccc(C)cc3)CC2=O)c1. The van der Waals surface area contributed by atoms with Gasteiger partial charge in [0.1, 0.15) is 11.3 Å². The molecule has 0 aliphatic carbocycles. The lowest BCUT2D eigenvalue weighted by molar-refractivity contribution is -0.147. The lowest BCUT2D eigenvalue weighted by Crippen LogP contribution is -2.58. The number of hydrogen-bond acceptors (Lipinski definition) is 4. The Morgan fingerprint density at radius 1 is 1.14 bits per heavy atom. The Balaban J connectivity index is 1.61. The fourth-order valence-electron chi connectivity index (χ4n) is 3.49. The van der Waals surface area contributed by atoms with Crippen molar-refractivity contribution in [1.29, 1.82) is 0 Å². The Bertz CT molecular complexity index is 877. The number of carbonyl (C=O) groups is 2. The van der Waals surface area contributed by atoms with E-state index in [9.17, 15) is 9.59 Å². The quantitative estimate of drug-likeness (QED) is 0.817. The van der Waals surface area contributed by atoms with E-state index in [2.05, 4.69) is 5.32 Å². The van der Waals surface area contributed by atoms with Crippen LogP contribution >= 0.6 is 0 Å². The Morgan fingerprint density at radius 2 is 1.86 bits per heavy atom. The second-order valence-electron chi connectivity index (χ2n) is 8.01. The van der Waals surface area contributed by atoms with Crippen molar-refractivity contribution in [2.24, 2.45) is 0 Å². The molecule has 1 aliphatic heterocycles. The summed E-state index contributed by atoms with van der Waals surface area (Å²) in [6.07, 6.45) is 0. The summed E-state index contributed by atoms with van der Waals surface area (Å²) >= 11 is 0. The van der Waals surface area contributed by atoms with Crippen molar-refractivity contribution in [1.82, 2.24) is 9.80 Å². The molecule has 3 rings (SSSR count). The van der Waals surface area contributed by atoms with Crippen molar-refractivity contribution in [3.05, 3.63) is 59.7 Å². The maximum atomic E-state index is 13.1. The minimum atomic E-state index is -0.801. The fourth-order valence-corrected chi connectivity index (χ4v) is 3.49. The largest absolute Gasteiger partial charge is 0.497 e. The van der Waals surface area contributed by atoms with E-state index in [1.54, 1.807) is 16.9 Å². The van der Waals surface area contributed by atoms with Crippen molar-refractivity contribution < 1.29 is 14.3 Å². The van der Waals surface area contributed by atoms with Gasteiger partial charge in [-0.1, -0.05) is 29.8 Å². The zero-order chi connectivity index (χ0) is 21.0. The summed E-state index contributed by atoms with van der Waals surface area (Å²) in [7, 11) is 1.63. The van der Waals surface area contributed by atoms with Gasteiger partial charge in [-0.25, -0.2) is 0 Å². The molecule has 2 aromatic rings. The van der Waals surface area contributed by atoms with Crippen molar-refractivity contribution in [3.8, 4) is 5.75 Å². The number of hydrogen-bond donors (Lipinski definition) is 1. The number of carbonyl (C=O) groups excluding carboxylic acids is 2. The topological polar surface area (TPSA) is 61.9 Å². The highest BCUT2D eigenvalue weighted by Crippen LogP contribution is 2.20. The van der Waals surface area contributed by atoms with Gasteiger partial charge in [0.25, 0.3) is 0 Å². The summed E-state index contributed by atoms with van der Waals surface area (Å²) in [5.74, 6) is 0.652. The van der Waals surface area contributed by atoms with Gasteiger partial charge < -0.3 is 19.9 Å². The fraction of sp³-hybridized carbons (Fsp3) is 0.391. The maximum absolute atomic E-state index is 13.1. The van der Waals surface area contributed by atoms with Gasteiger partial charge >= 0.3 is 0 Å². The van der Waals surface area contributed by atoms with Crippen LogP contribution in [0.15, 0.2) is 48.5 Å². The zero-order valence-electron chi connectivity index (χ0n) is 17.6. The van der Waals surface area contributed by atoms with Gasteiger partial charge in [-0.3, -0.25) is 9.59 Å². The van der Waals surface area contributed by atoms with E-state index in [0.717, 1.165) is 22.6 Å². The lowest BCUT2D eigenvalue weighted by Gasteiger charge is -2.38. The molecular formula is C23H29N3O3. The van der Waals surface area contributed by atoms with Gasteiger partial charge in [-0.15, -0.1) is 0 Å². The number of benzene rings is 2. The number of nitrogens with zero attached hydrogens (tertiary/aromatic N) is 2. The van der Waals surface area contributed by atoms with Gasteiger partial charge in [0, 0.05) is 25.3 Å². The molecule has 29 heavy (non-hydrogen) atoms.